The molecule has 0 bridgehead atoms. The van der Waals surface area contributed by atoms with E-state index in [0.717, 1.165) is 18.7 Å². The first-order valence-corrected chi connectivity index (χ1v) is 7.28. The second-order valence-electron chi connectivity index (χ2n) is 7.10. The summed E-state index contributed by atoms with van der Waals surface area (Å²) < 4.78 is 16.7. The zero-order valence-electron chi connectivity index (χ0n) is 13.1. The highest BCUT2D eigenvalue weighted by Crippen LogP contribution is 2.39. The molecule has 1 saturated heterocycles. The van der Waals surface area contributed by atoms with Crippen molar-refractivity contribution in [3.8, 4) is 17.2 Å². The summed E-state index contributed by atoms with van der Waals surface area (Å²) >= 11 is 0. The molecule has 0 atom stereocenters. The summed E-state index contributed by atoms with van der Waals surface area (Å²) in [6.07, 6.45) is 0. The number of phenolic OH excluding ortho intramolecular Hbond substituents is 1. The van der Waals surface area contributed by atoms with E-state index in [0.29, 0.717) is 18.0 Å². The van der Waals surface area contributed by atoms with Gasteiger partial charge in [0, 0.05) is 31.3 Å². The highest BCUT2D eigenvalue weighted by Gasteiger charge is 2.38. The first kappa shape index (κ1) is 14.5. The van der Waals surface area contributed by atoms with Crippen molar-refractivity contribution in [1.29, 1.82) is 0 Å². The molecule has 3 rings (SSSR count). The Bertz CT molecular complexity index is 537. The van der Waals surface area contributed by atoms with Crippen molar-refractivity contribution in [2.45, 2.75) is 45.4 Å². The molecule has 1 aromatic rings. The van der Waals surface area contributed by atoms with Gasteiger partial charge in [0.1, 0.15) is 5.75 Å². The number of aromatic hydroxyl groups is 1. The summed E-state index contributed by atoms with van der Waals surface area (Å²) in [6.45, 7) is 10.9. The molecule has 2 aliphatic rings. The third-order valence-electron chi connectivity index (χ3n) is 3.73. The van der Waals surface area contributed by atoms with Gasteiger partial charge in [-0.1, -0.05) is 0 Å². The molecule has 0 spiro atoms. The van der Waals surface area contributed by atoms with Gasteiger partial charge < -0.3 is 19.3 Å². The maximum absolute atomic E-state index is 10.2. The van der Waals surface area contributed by atoms with Gasteiger partial charge in [-0.15, -0.1) is 0 Å². The average molecular weight is 293 g/mol. The Balaban J connectivity index is 1.80. The van der Waals surface area contributed by atoms with Crippen molar-refractivity contribution < 1.29 is 19.3 Å². The van der Waals surface area contributed by atoms with Crippen LogP contribution in [-0.2, 0) is 11.3 Å². The van der Waals surface area contributed by atoms with E-state index in [9.17, 15) is 5.11 Å². The predicted molar refractivity (Wildman–Crippen MR) is 78.7 cm³/mol. The Morgan fingerprint density at radius 1 is 1.05 bits per heavy atom. The van der Waals surface area contributed by atoms with E-state index < -0.39 is 0 Å². The minimum Gasteiger partial charge on any atom is -0.507 e. The van der Waals surface area contributed by atoms with Crippen LogP contribution in [0.5, 0.6) is 17.2 Å². The highest BCUT2D eigenvalue weighted by molar-refractivity contribution is 5.51. The minimum absolute atomic E-state index is 0.201. The van der Waals surface area contributed by atoms with Crippen LogP contribution in [0.15, 0.2) is 12.1 Å². The van der Waals surface area contributed by atoms with E-state index in [1.54, 1.807) is 6.07 Å². The topological polar surface area (TPSA) is 51.2 Å². The van der Waals surface area contributed by atoms with Crippen LogP contribution in [0.25, 0.3) is 0 Å². The van der Waals surface area contributed by atoms with E-state index in [1.165, 1.54) is 0 Å². The van der Waals surface area contributed by atoms with Crippen LogP contribution in [0.1, 0.15) is 33.3 Å². The molecule has 0 aromatic heterocycles. The van der Waals surface area contributed by atoms with E-state index in [-0.39, 0.29) is 23.7 Å². The Morgan fingerprint density at radius 3 is 2.24 bits per heavy atom. The quantitative estimate of drug-likeness (QED) is 0.908. The number of benzene rings is 1. The van der Waals surface area contributed by atoms with Crippen molar-refractivity contribution in [3.63, 3.8) is 0 Å². The number of morpholine rings is 1. The maximum atomic E-state index is 10.2. The number of hydrogen-bond acceptors (Lipinski definition) is 5. The smallest absolute Gasteiger partial charge is 0.231 e. The lowest BCUT2D eigenvalue weighted by Crippen LogP contribution is -2.56. The van der Waals surface area contributed by atoms with Crippen LogP contribution in [0.4, 0.5) is 0 Å². The third kappa shape index (κ3) is 3.09. The summed E-state index contributed by atoms with van der Waals surface area (Å²) in [5.41, 5.74) is 0.453. The molecular weight excluding hydrogens is 270 g/mol. The van der Waals surface area contributed by atoms with Gasteiger partial charge in [-0.05, 0) is 33.8 Å². The van der Waals surface area contributed by atoms with Gasteiger partial charge in [-0.3, -0.25) is 4.90 Å². The normalized spacial score (nSPS) is 23.2. The molecule has 2 aliphatic heterocycles. The first-order valence-electron chi connectivity index (χ1n) is 7.28. The summed E-state index contributed by atoms with van der Waals surface area (Å²) in [6, 6.07) is 3.50. The number of hydrogen-bond donors (Lipinski definition) is 1. The monoisotopic (exact) mass is 293 g/mol. The van der Waals surface area contributed by atoms with Crippen LogP contribution < -0.4 is 9.47 Å². The molecule has 21 heavy (non-hydrogen) atoms. The van der Waals surface area contributed by atoms with Crippen LogP contribution in [0.2, 0.25) is 0 Å². The lowest BCUT2D eigenvalue weighted by Gasteiger charge is -2.47. The lowest BCUT2D eigenvalue weighted by atomic mass is 9.98. The zero-order valence-corrected chi connectivity index (χ0v) is 13.1. The van der Waals surface area contributed by atoms with E-state index in [2.05, 4.69) is 32.6 Å². The Morgan fingerprint density at radius 2 is 1.62 bits per heavy atom. The van der Waals surface area contributed by atoms with E-state index >= 15 is 0 Å². The second-order valence-corrected chi connectivity index (χ2v) is 7.10. The molecular formula is C16H23NO4. The molecule has 116 valence electrons. The van der Waals surface area contributed by atoms with Crippen molar-refractivity contribution in [1.82, 2.24) is 4.90 Å². The second kappa shape index (κ2) is 4.78. The largest absolute Gasteiger partial charge is 0.507 e. The van der Waals surface area contributed by atoms with Crippen molar-refractivity contribution in [3.05, 3.63) is 17.7 Å². The number of ether oxygens (including phenoxy) is 3. The minimum atomic E-state index is -0.201. The zero-order chi connectivity index (χ0) is 15.3. The number of rotatable bonds is 2. The molecule has 1 aromatic carbocycles. The Hall–Kier alpha value is -1.46. The van der Waals surface area contributed by atoms with Crippen LogP contribution in [-0.4, -0.2) is 41.1 Å². The van der Waals surface area contributed by atoms with E-state index in [4.69, 9.17) is 14.2 Å². The molecule has 0 unspecified atom stereocenters. The van der Waals surface area contributed by atoms with Crippen LogP contribution in [0, 0.1) is 0 Å². The number of fused-ring (bicyclic) bond motifs is 1. The predicted octanol–water partition coefficient (Wildman–Crippen LogP) is 2.51. The highest BCUT2D eigenvalue weighted by atomic mass is 16.7. The molecule has 1 N–H and O–H groups in total. The van der Waals surface area contributed by atoms with Gasteiger partial charge in [-0.2, -0.15) is 0 Å². The van der Waals surface area contributed by atoms with Crippen molar-refractivity contribution >= 4 is 0 Å². The Kier molecular flexibility index (Phi) is 3.30. The fourth-order valence-electron chi connectivity index (χ4n) is 3.40. The third-order valence-corrected chi connectivity index (χ3v) is 3.73. The molecule has 2 heterocycles. The summed E-state index contributed by atoms with van der Waals surface area (Å²) in [4.78, 5) is 2.31. The molecule has 0 radical (unpaired) electrons. The average Bonchev–Trinajstić information content (AvgIpc) is 2.72. The summed E-state index contributed by atoms with van der Waals surface area (Å²) in [5, 5.41) is 10.2. The lowest BCUT2D eigenvalue weighted by molar-refractivity contribution is -0.182. The molecule has 0 aliphatic carbocycles. The van der Waals surface area contributed by atoms with E-state index in [1.807, 2.05) is 6.07 Å². The summed E-state index contributed by atoms with van der Waals surface area (Å²) in [7, 11) is 0. The van der Waals surface area contributed by atoms with Gasteiger partial charge in [0.2, 0.25) is 6.79 Å². The van der Waals surface area contributed by atoms with Gasteiger partial charge in [-0.25, -0.2) is 0 Å². The van der Waals surface area contributed by atoms with Gasteiger partial charge >= 0.3 is 0 Å². The first-order chi connectivity index (χ1) is 9.74. The van der Waals surface area contributed by atoms with Crippen LogP contribution >= 0.6 is 0 Å². The Labute approximate surface area is 125 Å². The van der Waals surface area contributed by atoms with Gasteiger partial charge in [0.05, 0.1) is 11.2 Å². The molecule has 1 fully saturated rings. The molecule has 0 amide bonds. The molecule has 5 nitrogen and oxygen atoms in total. The van der Waals surface area contributed by atoms with Gasteiger partial charge in [0.15, 0.2) is 11.5 Å². The molecule has 0 saturated carbocycles. The molecule has 5 heteroatoms. The SMILES string of the molecule is CC1(C)CN(Cc2cc3c(cc2O)OCO3)CC(C)(C)O1. The van der Waals surface area contributed by atoms with Gasteiger partial charge in [0.25, 0.3) is 0 Å². The summed E-state index contributed by atoms with van der Waals surface area (Å²) in [5.74, 6) is 1.56. The fraction of sp³-hybridized carbons (Fsp3) is 0.625. The van der Waals surface area contributed by atoms with Crippen molar-refractivity contribution in [2.24, 2.45) is 0 Å². The standard InChI is InChI=1S/C16H23NO4/c1-15(2)8-17(9-16(3,4)21-15)7-11-5-13-14(6-12(11)18)20-10-19-13/h5-6,18H,7-10H2,1-4H3. The number of phenols is 1. The van der Waals surface area contributed by atoms with Crippen molar-refractivity contribution in [2.75, 3.05) is 19.9 Å². The van der Waals surface area contributed by atoms with Crippen LogP contribution in [0.3, 0.4) is 0 Å². The number of nitrogens with zero attached hydrogens (tertiary/aromatic N) is 1. The fourth-order valence-corrected chi connectivity index (χ4v) is 3.40. The maximum Gasteiger partial charge on any atom is 0.231 e.